The molecule has 3 heterocycles. The second kappa shape index (κ2) is 36.2. The third kappa shape index (κ3) is 23.2. The molecule has 2 aliphatic heterocycles. The summed E-state index contributed by atoms with van der Waals surface area (Å²) in [5.41, 5.74) is 5.52. The molecule has 0 bridgehead atoms. The van der Waals surface area contributed by atoms with Crippen molar-refractivity contribution in [2.24, 2.45) is 40.7 Å². The van der Waals surface area contributed by atoms with Gasteiger partial charge in [-0.3, -0.25) is 62.5 Å². The number of carbonyl (C=O) groups excluding carboxylic acids is 10. The second-order valence-electron chi connectivity index (χ2n) is 25.7. The molecular weight excluding hydrogens is 1140 g/mol. The number of nitrogens with two attached hydrogens (primary N) is 1. The number of rotatable bonds is 41. The van der Waals surface area contributed by atoms with E-state index in [0.29, 0.717) is 55.6 Å². The zero-order valence-corrected chi connectivity index (χ0v) is 55.0. The van der Waals surface area contributed by atoms with Crippen LogP contribution in [0.5, 0.6) is 0 Å². The molecule has 6 amide bonds. The molecule has 21 heteroatoms. The molecule has 488 valence electrons. The predicted octanol–water partition coefficient (Wildman–Crippen LogP) is 9.10. The average Bonchev–Trinajstić information content (AvgIpc) is 4.22. The van der Waals surface area contributed by atoms with E-state index in [0.717, 1.165) is 60.4 Å². The van der Waals surface area contributed by atoms with Gasteiger partial charge < -0.3 is 31.1 Å². The quantitative estimate of drug-likeness (QED) is 0.0274. The molecule has 88 heavy (non-hydrogen) atoms. The fourth-order valence-corrected chi connectivity index (χ4v) is 13.0. The van der Waals surface area contributed by atoms with Crippen LogP contribution in [0.2, 0.25) is 0 Å². The lowest BCUT2D eigenvalue weighted by Gasteiger charge is -2.40. The summed E-state index contributed by atoms with van der Waals surface area (Å²) in [5.74, 6) is -5.81. The summed E-state index contributed by atoms with van der Waals surface area (Å²) < 4.78 is 5.96. The topological polar surface area (TPSA) is 290 Å². The van der Waals surface area contributed by atoms with Crippen LogP contribution in [0.15, 0.2) is 41.8 Å². The van der Waals surface area contributed by atoms with E-state index in [1.165, 1.54) is 19.1 Å². The summed E-state index contributed by atoms with van der Waals surface area (Å²) in [6.45, 7) is 19.8. The normalized spacial score (nSPS) is 16.7. The number of aliphatic carboxylic acids is 1. The number of aromatic nitrogens is 1. The number of ketones is 3. The van der Waals surface area contributed by atoms with Gasteiger partial charge in [0.1, 0.15) is 16.5 Å². The van der Waals surface area contributed by atoms with Crippen LogP contribution in [0.3, 0.4) is 0 Å². The lowest BCUT2D eigenvalue weighted by atomic mass is 9.80. The Bertz CT molecular complexity index is 2720. The van der Waals surface area contributed by atoms with E-state index in [2.05, 4.69) is 29.4 Å². The highest BCUT2D eigenvalue weighted by Crippen LogP contribution is 2.35. The first-order chi connectivity index (χ1) is 41.6. The van der Waals surface area contributed by atoms with E-state index >= 15 is 4.79 Å². The molecule has 0 saturated carbocycles. The minimum absolute atomic E-state index is 0.0132. The van der Waals surface area contributed by atoms with Crippen molar-refractivity contribution in [3.8, 4) is 0 Å². The number of esters is 1. The number of nitrogens with zero attached hydrogens (tertiary/aromatic N) is 4. The van der Waals surface area contributed by atoms with Crippen LogP contribution in [-0.2, 0) is 65.5 Å². The number of unbranched alkanes of at least 4 members (excludes halogenated alkanes) is 3. The first-order valence-electron chi connectivity index (χ1n) is 32.1. The Morgan fingerprint density at radius 3 is 2.07 bits per heavy atom. The SMILES string of the molecule is CCCN(C(=O)[C@@H](CC(=O)[C@H]1CCCCN1C)C(CC)CC)[C@H](C[C@@H](OC(C)=O)c1nc(C(=O)N[C@@H](Cc2ccc(CC(=O)[C@H](CCCCC(N)=O)NC(=O)[C@@H](CC(=O)CCCCCN3C(=O)C=CC3=O)C(C)C)cc2)CC(C)(C)C(=O)O)cs1)C(C)C. The van der Waals surface area contributed by atoms with Gasteiger partial charge in [0.2, 0.25) is 17.7 Å². The largest absolute Gasteiger partial charge is 0.481 e. The summed E-state index contributed by atoms with van der Waals surface area (Å²) in [5, 5.41) is 18.1. The van der Waals surface area contributed by atoms with Gasteiger partial charge in [0, 0.05) is 100.0 Å². The van der Waals surface area contributed by atoms with E-state index in [4.69, 9.17) is 15.5 Å². The van der Waals surface area contributed by atoms with Crippen LogP contribution < -0.4 is 16.4 Å². The molecular formula is C67H101N7O13S. The number of thiazole rings is 1. The van der Waals surface area contributed by atoms with Gasteiger partial charge in [0.25, 0.3) is 17.7 Å². The molecule has 1 aromatic heterocycles. The first kappa shape index (κ1) is 74.0. The van der Waals surface area contributed by atoms with Gasteiger partial charge in [-0.2, -0.15) is 0 Å². The van der Waals surface area contributed by atoms with Gasteiger partial charge in [0.05, 0.1) is 17.5 Å². The minimum Gasteiger partial charge on any atom is -0.481 e. The first-order valence-corrected chi connectivity index (χ1v) is 32.9. The molecule has 1 fully saturated rings. The van der Waals surface area contributed by atoms with Gasteiger partial charge in [0.15, 0.2) is 17.7 Å². The number of hydrogen-bond acceptors (Lipinski definition) is 15. The number of nitrogens with one attached hydrogen (secondary N) is 2. The number of primary amides is 1. The van der Waals surface area contributed by atoms with E-state index in [9.17, 15) is 53.1 Å². The number of carboxylic acids is 1. The van der Waals surface area contributed by atoms with Crippen LogP contribution in [-0.4, -0.2) is 140 Å². The number of Topliss-reactive ketones (excluding diaryl/α,β-unsaturated/α-hetero) is 3. The van der Waals surface area contributed by atoms with Crippen LogP contribution in [0.1, 0.15) is 218 Å². The average molecular weight is 1240 g/mol. The standard InChI is InChI=1S/C67H101N7O13S/c1-12-32-73(65(84)51(47(13-2)14-3)38-57(78)54-24-19-21-33-72(54)11)55(43(6)7)39-58(87-44(8)75)64-71-53(41-88-64)63(83)69-48(40-67(9,10)66(85)86)35-45-26-28-46(29-27-45)36-56(77)52(23-17-18-25-59(68)79)70-62(82)50(42(4)5)37-49(76)22-16-15-20-34-74-60(80)30-31-61(74)81/h26-31,41-43,47-48,50-52,54-55,58H,12-25,32-40H2,1-11H3,(H2,68,79)(H,69,83)(H,70,82)(H,85,86)/t48-,50-,51-,52-,54+,55+,58+/m0/s1. The van der Waals surface area contributed by atoms with Gasteiger partial charge in [-0.15, -0.1) is 11.3 Å². The summed E-state index contributed by atoms with van der Waals surface area (Å²) in [4.78, 5) is 155. The Morgan fingerprint density at radius 1 is 0.841 bits per heavy atom. The van der Waals surface area contributed by atoms with Crippen molar-refractivity contribution in [1.82, 2.24) is 30.3 Å². The molecule has 2 aromatic rings. The smallest absolute Gasteiger partial charge is 0.309 e. The highest BCUT2D eigenvalue weighted by atomic mass is 32.1. The molecule has 5 N–H and O–H groups in total. The Kier molecular flexibility index (Phi) is 30.5. The van der Waals surface area contributed by atoms with Crippen molar-refractivity contribution in [3.05, 3.63) is 63.6 Å². The number of carbonyl (C=O) groups is 11. The lowest BCUT2D eigenvalue weighted by molar-refractivity contribution is -0.151. The van der Waals surface area contributed by atoms with Gasteiger partial charge in [-0.05, 0) is 114 Å². The van der Waals surface area contributed by atoms with Gasteiger partial charge >= 0.3 is 11.9 Å². The number of benzene rings is 1. The van der Waals surface area contributed by atoms with Crippen molar-refractivity contribution < 1.29 is 62.6 Å². The molecule has 4 rings (SSSR count). The summed E-state index contributed by atoms with van der Waals surface area (Å²) in [7, 11) is 1.98. The second-order valence-corrected chi connectivity index (χ2v) is 26.5. The fourth-order valence-electron chi connectivity index (χ4n) is 12.1. The lowest BCUT2D eigenvalue weighted by Crippen LogP contribution is -2.50. The molecule has 0 radical (unpaired) electrons. The van der Waals surface area contributed by atoms with Crippen molar-refractivity contribution >= 4 is 76.1 Å². The third-order valence-electron chi connectivity index (χ3n) is 17.5. The molecule has 1 saturated heterocycles. The summed E-state index contributed by atoms with van der Waals surface area (Å²) in [6, 6.07) is 4.81. The molecule has 7 atom stereocenters. The number of imide groups is 1. The Morgan fingerprint density at radius 2 is 1.49 bits per heavy atom. The predicted molar refractivity (Wildman–Crippen MR) is 337 cm³/mol. The molecule has 0 spiro atoms. The molecule has 20 nitrogen and oxygen atoms in total. The number of carboxylic acid groups (broad SMARTS) is 1. The highest BCUT2D eigenvalue weighted by molar-refractivity contribution is 7.09. The van der Waals surface area contributed by atoms with Gasteiger partial charge in [-0.1, -0.05) is 105 Å². The minimum atomic E-state index is -1.27. The summed E-state index contributed by atoms with van der Waals surface area (Å²) >= 11 is 1.14. The van der Waals surface area contributed by atoms with Crippen LogP contribution in [0.4, 0.5) is 0 Å². The maximum Gasteiger partial charge on any atom is 0.309 e. The van der Waals surface area contributed by atoms with Crippen molar-refractivity contribution in [3.63, 3.8) is 0 Å². The fraction of sp³-hybridized carbons (Fsp3) is 0.672. The number of piperidine rings is 1. The number of amides is 6. The number of hydrogen-bond donors (Lipinski definition) is 4. The van der Waals surface area contributed by atoms with E-state index in [1.54, 1.807) is 43.5 Å². The van der Waals surface area contributed by atoms with E-state index in [-0.39, 0.29) is 129 Å². The van der Waals surface area contributed by atoms with Crippen LogP contribution >= 0.6 is 11.3 Å². The Hall–Kier alpha value is -6.48. The van der Waals surface area contributed by atoms with E-state index < -0.39 is 71.1 Å². The number of ether oxygens (including phenoxy) is 1. The number of likely N-dealkylation sites (N-methyl/N-ethyl adjacent to an activating group) is 1. The third-order valence-corrected chi connectivity index (χ3v) is 18.4. The Labute approximate surface area is 525 Å². The van der Waals surface area contributed by atoms with Crippen molar-refractivity contribution in [2.75, 3.05) is 26.7 Å². The number of likely N-dealkylation sites (tertiary alicyclic amines) is 1. The van der Waals surface area contributed by atoms with Gasteiger partial charge in [-0.25, -0.2) is 4.98 Å². The highest BCUT2D eigenvalue weighted by Gasteiger charge is 2.40. The van der Waals surface area contributed by atoms with Crippen LogP contribution in [0, 0.1) is 35.0 Å². The Balaban J connectivity index is 1.50. The monoisotopic (exact) mass is 1240 g/mol. The molecule has 1 aromatic carbocycles. The van der Waals surface area contributed by atoms with Crippen LogP contribution in [0.25, 0.3) is 0 Å². The molecule has 0 aliphatic carbocycles. The maximum absolute atomic E-state index is 15.0. The van der Waals surface area contributed by atoms with E-state index in [1.807, 2.05) is 46.6 Å². The molecule has 2 aliphatic rings. The zero-order chi connectivity index (χ0) is 65.4. The zero-order valence-electron chi connectivity index (χ0n) is 54.2. The maximum atomic E-state index is 15.0. The van der Waals surface area contributed by atoms with Crippen molar-refractivity contribution in [2.45, 2.75) is 228 Å². The molecule has 0 unspecified atom stereocenters. The summed E-state index contributed by atoms with van der Waals surface area (Å²) in [6.07, 6.45) is 9.98. The van der Waals surface area contributed by atoms with Crippen molar-refractivity contribution in [1.29, 1.82) is 0 Å².